The van der Waals surface area contributed by atoms with Crippen molar-refractivity contribution in [1.82, 2.24) is 4.98 Å². The van der Waals surface area contributed by atoms with E-state index in [1.165, 1.54) is 25.3 Å². The summed E-state index contributed by atoms with van der Waals surface area (Å²) in [6.07, 6.45) is 3.37. The van der Waals surface area contributed by atoms with E-state index in [9.17, 15) is 14.9 Å². The first-order chi connectivity index (χ1) is 14.0. The number of amides is 1. The minimum absolute atomic E-state index is 0.161. The van der Waals surface area contributed by atoms with E-state index in [-0.39, 0.29) is 17.9 Å². The molecular formula is C20H16BrN3O5. The number of pyridine rings is 1. The molecule has 0 spiro atoms. The van der Waals surface area contributed by atoms with Crippen molar-refractivity contribution < 1.29 is 19.2 Å². The van der Waals surface area contributed by atoms with E-state index in [0.29, 0.717) is 21.7 Å². The highest BCUT2D eigenvalue weighted by molar-refractivity contribution is 9.10. The molecule has 0 bridgehead atoms. The number of nitro groups is 1. The summed E-state index contributed by atoms with van der Waals surface area (Å²) in [6.45, 7) is 0.278. The number of carbonyl (C=O) groups is 1. The Morgan fingerprint density at radius 1 is 1.21 bits per heavy atom. The molecule has 3 rings (SSSR count). The van der Waals surface area contributed by atoms with Gasteiger partial charge in [0.1, 0.15) is 6.61 Å². The first-order valence-electron chi connectivity index (χ1n) is 8.43. The summed E-state index contributed by atoms with van der Waals surface area (Å²) in [6, 6.07) is 12.8. The molecule has 0 aliphatic rings. The molecule has 0 saturated heterocycles. The molecule has 0 aliphatic heterocycles. The van der Waals surface area contributed by atoms with E-state index in [1.807, 2.05) is 12.1 Å². The molecule has 1 amide bonds. The number of nitrogens with one attached hydrogen (secondary N) is 1. The monoisotopic (exact) mass is 457 g/mol. The molecule has 0 unspecified atom stereocenters. The standard InChI is InChI=1S/C20H16BrN3O5/c1-28-18-7-5-15(10-19(18)29-12-13-3-2-8-22-11-13)23-20(25)14-4-6-16(21)17(9-14)24(26)27/h2-11H,12H2,1H3,(H,23,25). The average Bonchev–Trinajstić information content (AvgIpc) is 2.73. The van der Waals surface area contributed by atoms with E-state index in [4.69, 9.17) is 9.47 Å². The third kappa shape index (κ3) is 5.08. The number of ether oxygens (including phenoxy) is 2. The van der Waals surface area contributed by atoms with Crippen LogP contribution in [-0.2, 0) is 6.61 Å². The molecule has 148 valence electrons. The van der Waals surface area contributed by atoms with Crippen LogP contribution in [0.15, 0.2) is 65.4 Å². The second-order valence-electron chi connectivity index (χ2n) is 5.89. The molecule has 8 nitrogen and oxygen atoms in total. The van der Waals surface area contributed by atoms with Crippen LogP contribution in [0.4, 0.5) is 11.4 Å². The molecule has 1 aromatic heterocycles. The first kappa shape index (κ1) is 20.3. The minimum atomic E-state index is -0.557. The first-order valence-corrected chi connectivity index (χ1v) is 9.22. The van der Waals surface area contributed by atoms with Crippen LogP contribution >= 0.6 is 15.9 Å². The van der Waals surface area contributed by atoms with Gasteiger partial charge in [-0.05, 0) is 46.3 Å². The van der Waals surface area contributed by atoms with Crippen molar-refractivity contribution >= 4 is 33.2 Å². The molecule has 0 saturated carbocycles. The number of hydrogen-bond donors (Lipinski definition) is 1. The zero-order valence-electron chi connectivity index (χ0n) is 15.3. The largest absolute Gasteiger partial charge is 0.493 e. The number of aromatic nitrogens is 1. The second-order valence-corrected chi connectivity index (χ2v) is 6.75. The van der Waals surface area contributed by atoms with Crippen LogP contribution in [0.3, 0.4) is 0 Å². The van der Waals surface area contributed by atoms with E-state index in [1.54, 1.807) is 30.6 Å². The van der Waals surface area contributed by atoms with Crippen LogP contribution in [-0.4, -0.2) is 22.9 Å². The van der Waals surface area contributed by atoms with Crippen molar-refractivity contribution in [3.05, 3.63) is 86.6 Å². The lowest BCUT2D eigenvalue weighted by atomic mass is 10.2. The van der Waals surface area contributed by atoms with Crippen LogP contribution in [0, 0.1) is 10.1 Å². The fourth-order valence-corrected chi connectivity index (χ4v) is 2.90. The van der Waals surface area contributed by atoms with Crippen molar-refractivity contribution in [2.24, 2.45) is 0 Å². The SMILES string of the molecule is COc1ccc(NC(=O)c2ccc(Br)c([N+](=O)[O-])c2)cc1OCc1cccnc1. The number of anilines is 1. The lowest BCUT2D eigenvalue weighted by molar-refractivity contribution is -0.385. The number of methoxy groups -OCH3 is 1. The fraction of sp³-hybridized carbons (Fsp3) is 0.100. The Bertz CT molecular complexity index is 1040. The van der Waals surface area contributed by atoms with Crippen molar-refractivity contribution in [3.63, 3.8) is 0 Å². The Balaban J connectivity index is 1.78. The third-order valence-electron chi connectivity index (χ3n) is 3.94. The molecule has 1 heterocycles. The van der Waals surface area contributed by atoms with Gasteiger partial charge in [-0.3, -0.25) is 19.9 Å². The van der Waals surface area contributed by atoms with E-state index < -0.39 is 10.8 Å². The van der Waals surface area contributed by atoms with E-state index in [2.05, 4.69) is 26.2 Å². The van der Waals surface area contributed by atoms with Gasteiger partial charge in [-0.2, -0.15) is 0 Å². The average molecular weight is 458 g/mol. The normalized spacial score (nSPS) is 10.3. The number of benzene rings is 2. The summed E-state index contributed by atoms with van der Waals surface area (Å²) < 4.78 is 11.4. The van der Waals surface area contributed by atoms with Gasteiger partial charge in [-0.1, -0.05) is 6.07 Å². The van der Waals surface area contributed by atoms with Crippen LogP contribution < -0.4 is 14.8 Å². The lowest BCUT2D eigenvalue weighted by Crippen LogP contribution is -2.12. The Morgan fingerprint density at radius 3 is 2.72 bits per heavy atom. The lowest BCUT2D eigenvalue weighted by Gasteiger charge is -2.13. The molecule has 3 aromatic rings. The van der Waals surface area contributed by atoms with Crippen molar-refractivity contribution in [2.45, 2.75) is 6.61 Å². The summed E-state index contributed by atoms with van der Waals surface area (Å²) in [5.41, 5.74) is 1.31. The highest BCUT2D eigenvalue weighted by atomic mass is 79.9. The van der Waals surface area contributed by atoms with Gasteiger partial charge in [0.25, 0.3) is 11.6 Å². The number of carbonyl (C=O) groups excluding carboxylic acids is 1. The Kier molecular flexibility index (Phi) is 6.40. The molecule has 0 aliphatic carbocycles. The predicted molar refractivity (Wildman–Crippen MR) is 110 cm³/mol. The maximum absolute atomic E-state index is 12.5. The molecule has 1 N–H and O–H groups in total. The number of nitro benzene ring substituents is 1. The second kappa shape index (κ2) is 9.16. The van der Waals surface area contributed by atoms with Crippen molar-refractivity contribution in [1.29, 1.82) is 0 Å². The highest BCUT2D eigenvalue weighted by Gasteiger charge is 2.17. The zero-order chi connectivity index (χ0) is 20.8. The van der Waals surface area contributed by atoms with Crippen LogP contribution in [0.5, 0.6) is 11.5 Å². The topological polar surface area (TPSA) is 104 Å². The molecule has 29 heavy (non-hydrogen) atoms. The predicted octanol–water partition coefficient (Wildman–Crippen LogP) is 4.59. The van der Waals surface area contributed by atoms with E-state index in [0.717, 1.165) is 5.56 Å². The Morgan fingerprint density at radius 2 is 2.03 bits per heavy atom. The van der Waals surface area contributed by atoms with Gasteiger partial charge >= 0.3 is 0 Å². The number of hydrogen-bond acceptors (Lipinski definition) is 6. The molecule has 0 radical (unpaired) electrons. The maximum atomic E-state index is 12.5. The molecule has 9 heteroatoms. The molecule has 0 fully saturated rings. The van der Waals surface area contributed by atoms with Gasteiger partial charge in [0.2, 0.25) is 0 Å². The summed E-state index contributed by atoms with van der Waals surface area (Å²) >= 11 is 3.10. The summed E-state index contributed by atoms with van der Waals surface area (Å²) in [7, 11) is 1.52. The number of rotatable bonds is 7. The zero-order valence-corrected chi connectivity index (χ0v) is 16.9. The van der Waals surface area contributed by atoms with Gasteiger partial charge in [0, 0.05) is 41.3 Å². The fourth-order valence-electron chi connectivity index (χ4n) is 2.51. The van der Waals surface area contributed by atoms with Gasteiger partial charge in [0.15, 0.2) is 11.5 Å². The van der Waals surface area contributed by atoms with Crippen LogP contribution in [0.2, 0.25) is 0 Å². The molecule has 0 atom stereocenters. The smallest absolute Gasteiger partial charge is 0.284 e. The molecular weight excluding hydrogens is 442 g/mol. The van der Waals surface area contributed by atoms with Gasteiger partial charge in [0.05, 0.1) is 16.5 Å². The highest BCUT2D eigenvalue weighted by Crippen LogP contribution is 2.31. The Hall–Kier alpha value is -3.46. The maximum Gasteiger partial charge on any atom is 0.284 e. The number of halogens is 1. The Labute approximate surface area is 174 Å². The van der Waals surface area contributed by atoms with Gasteiger partial charge < -0.3 is 14.8 Å². The van der Waals surface area contributed by atoms with Gasteiger partial charge in [-0.25, -0.2) is 0 Å². The van der Waals surface area contributed by atoms with Crippen LogP contribution in [0.25, 0.3) is 0 Å². The quantitative estimate of drug-likeness (QED) is 0.410. The summed E-state index contributed by atoms with van der Waals surface area (Å²) in [4.78, 5) is 27.1. The van der Waals surface area contributed by atoms with Crippen molar-refractivity contribution in [3.8, 4) is 11.5 Å². The number of nitrogens with zero attached hydrogens (tertiary/aromatic N) is 2. The third-order valence-corrected chi connectivity index (χ3v) is 4.61. The molecule has 2 aromatic carbocycles. The minimum Gasteiger partial charge on any atom is -0.493 e. The van der Waals surface area contributed by atoms with Crippen LogP contribution in [0.1, 0.15) is 15.9 Å². The summed E-state index contributed by atoms with van der Waals surface area (Å²) in [5.74, 6) is 0.464. The van der Waals surface area contributed by atoms with Crippen molar-refractivity contribution in [2.75, 3.05) is 12.4 Å². The van der Waals surface area contributed by atoms with E-state index >= 15 is 0 Å². The summed E-state index contributed by atoms with van der Waals surface area (Å²) in [5, 5.41) is 13.8. The van der Waals surface area contributed by atoms with Gasteiger partial charge in [-0.15, -0.1) is 0 Å².